The van der Waals surface area contributed by atoms with Crippen molar-refractivity contribution < 1.29 is 8.83 Å². The Kier molecular flexibility index (Phi) is 7.32. The second kappa shape index (κ2) is 13.3. The quantitative estimate of drug-likeness (QED) is 0.177. The van der Waals surface area contributed by atoms with Crippen LogP contribution in [0.4, 0.5) is 17.1 Å². The van der Waals surface area contributed by atoms with Gasteiger partial charge in [-0.3, -0.25) is 0 Å². The van der Waals surface area contributed by atoms with Crippen molar-refractivity contribution in [2.45, 2.75) is 5.41 Å². The van der Waals surface area contributed by atoms with Crippen LogP contribution in [0.15, 0.2) is 233 Å². The maximum atomic E-state index is 6.84. The molecule has 1 spiro atoms. The predicted molar refractivity (Wildman–Crippen MR) is 263 cm³/mol. The van der Waals surface area contributed by atoms with Gasteiger partial charge in [0.2, 0.25) is 0 Å². The molecule has 1 atom stereocenters. The summed E-state index contributed by atoms with van der Waals surface area (Å²) in [6, 6.07) is 81.7. The van der Waals surface area contributed by atoms with E-state index < -0.39 is 5.41 Å². The highest BCUT2D eigenvalue weighted by Gasteiger charge is 2.50. The first-order chi connectivity index (χ1) is 31.8. The summed E-state index contributed by atoms with van der Waals surface area (Å²) in [5, 5.41) is 4.45. The molecule has 0 bridgehead atoms. The molecule has 298 valence electrons. The molecule has 0 amide bonds. The summed E-state index contributed by atoms with van der Waals surface area (Å²) in [5.74, 6) is 0. The minimum Gasteiger partial charge on any atom is -0.456 e. The number of hydrogen-bond donors (Lipinski definition) is 0. The summed E-state index contributed by atoms with van der Waals surface area (Å²) in [5.41, 5.74) is 20.5. The van der Waals surface area contributed by atoms with Gasteiger partial charge in [-0.1, -0.05) is 176 Å². The van der Waals surface area contributed by atoms with Crippen molar-refractivity contribution in [2.75, 3.05) is 4.90 Å². The lowest BCUT2D eigenvalue weighted by molar-refractivity contribution is 0.666. The molecule has 3 nitrogen and oxygen atoms in total. The Labute approximate surface area is 369 Å². The number of fused-ring (bicyclic) bond motifs is 18. The van der Waals surface area contributed by atoms with Crippen LogP contribution in [0, 0.1) is 0 Å². The van der Waals surface area contributed by atoms with Gasteiger partial charge in [0.15, 0.2) is 5.58 Å². The first-order valence-electron chi connectivity index (χ1n) is 22.0. The van der Waals surface area contributed by atoms with Crippen molar-refractivity contribution >= 4 is 60.9 Å². The Morgan fingerprint density at radius 2 is 0.828 bits per heavy atom. The number of para-hydroxylation sites is 4. The van der Waals surface area contributed by atoms with Crippen LogP contribution in [0.2, 0.25) is 0 Å². The minimum atomic E-state index is -0.673. The molecule has 0 aliphatic heterocycles. The molecular weight excluding hydrogens is 779 g/mol. The van der Waals surface area contributed by atoms with E-state index in [0.29, 0.717) is 0 Å². The Morgan fingerprint density at radius 3 is 1.59 bits per heavy atom. The van der Waals surface area contributed by atoms with Crippen LogP contribution in [0.3, 0.4) is 0 Å². The van der Waals surface area contributed by atoms with E-state index in [-0.39, 0.29) is 0 Å². The fourth-order valence-corrected chi connectivity index (χ4v) is 11.3. The molecule has 10 aromatic carbocycles. The smallest absolute Gasteiger partial charge is 0.159 e. The van der Waals surface area contributed by atoms with Crippen LogP contribution in [0.5, 0.6) is 0 Å². The molecule has 2 aromatic heterocycles. The molecule has 2 heterocycles. The summed E-state index contributed by atoms with van der Waals surface area (Å²) in [6.07, 6.45) is 0. The lowest BCUT2D eigenvalue weighted by Crippen LogP contribution is -2.29. The molecule has 0 N–H and O–H groups in total. The number of anilines is 3. The van der Waals surface area contributed by atoms with Gasteiger partial charge in [-0.25, -0.2) is 0 Å². The average Bonchev–Trinajstić information content (AvgIpc) is 4.00. The monoisotopic (exact) mass is 815 g/mol. The van der Waals surface area contributed by atoms with Crippen molar-refractivity contribution in [3.05, 3.63) is 247 Å². The zero-order valence-electron chi connectivity index (χ0n) is 34.6. The van der Waals surface area contributed by atoms with E-state index in [1.165, 1.54) is 55.6 Å². The van der Waals surface area contributed by atoms with Crippen LogP contribution in [-0.2, 0) is 5.41 Å². The van der Waals surface area contributed by atoms with Crippen LogP contribution in [0.25, 0.3) is 88.4 Å². The summed E-state index contributed by atoms with van der Waals surface area (Å²) >= 11 is 0. The number of benzene rings is 10. The molecule has 12 aromatic rings. The Hall–Kier alpha value is -8.40. The molecule has 0 saturated heterocycles. The predicted octanol–water partition coefficient (Wildman–Crippen LogP) is 16.6. The molecule has 0 saturated carbocycles. The van der Waals surface area contributed by atoms with Crippen molar-refractivity contribution in [3.63, 3.8) is 0 Å². The van der Waals surface area contributed by atoms with E-state index >= 15 is 0 Å². The zero-order valence-corrected chi connectivity index (χ0v) is 34.6. The van der Waals surface area contributed by atoms with Crippen LogP contribution < -0.4 is 4.90 Å². The second-order valence-electron chi connectivity index (χ2n) is 17.1. The molecule has 64 heavy (non-hydrogen) atoms. The van der Waals surface area contributed by atoms with Crippen molar-refractivity contribution in [1.29, 1.82) is 0 Å². The molecule has 0 fully saturated rings. The number of nitrogens with zero attached hydrogens (tertiary/aromatic N) is 1. The normalized spacial score (nSPS) is 14.6. The Bertz CT molecular complexity index is 3870. The van der Waals surface area contributed by atoms with Crippen LogP contribution >= 0.6 is 0 Å². The molecule has 3 heteroatoms. The first kappa shape index (κ1) is 35.2. The van der Waals surface area contributed by atoms with Crippen molar-refractivity contribution in [3.8, 4) is 44.5 Å². The molecule has 0 radical (unpaired) electrons. The number of furan rings is 2. The molecule has 2 aliphatic rings. The maximum Gasteiger partial charge on any atom is 0.159 e. The highest BCUT2D eigenvalue weighted by molar-refractivity contribution is 6.12. The third-order valence-corrected chi connectivity index (χ3v) is 13.9. The summed E-state index contributed by atoms with van der Waals surface area (Å²) in [6.45, 7) is 0. The third kappa shape index (κ3) is 4.76. The van der Waals surface area contributed by atoms with Gasteiger partial charge in [-0.15, -0.1) is 0 Å². The molecule has 14 rings (SSSR count). The highest BCUT2D eigenvalue weighted by atomic mass is 16.3. The second-order valence-corrected chi connectivity index (χ2v) is 17.1. The van der Waals surface area contributed by atoms with Gasteiger partial charge < -0.3 is 13.7 Å². The van der Waals surface area contributed by atoms with Gasteiger partial charge in [0, 0.05) is 32.8 Å². The summed E-state index contributed by atoms with van der Waals surface area (Å²) in [7, 11) is 0. The van der Waals surface area contributed by atoms with Gasteiger partial charge in [0.1, 0.15) is 16.7 Å². The fraction of sp³-hybridized carbons (Fsp3) is 0.0164. The van der Waals surface area contributed by atoms with Gasteiger partial charge in [-0.2, -0.15) is 0 Å². The average molecular weight is 816 g/mol. The van der Waals surface area contributed by atoms with E-state index in [2.05, 4.69) is 223 Å². The largest absolute Gasteiger partial charge is 0.456 e. The van der Waals surface area contributed by atoms with E-state index in [4.69, 9.17) is 8.83 Å². The lowest BCUT2D eigenvalue weighted by Gasteiger charge is -2.36. The Morgan fingerprint density at radius 1 is 0.297 bits per heavy atom. The van der Waals surface area contributed by atoms with Crippen molar-refractivity contribution in [1.82, 2.24) is 0 Å². The zero-order chi connectivity index (χ0) is 41.9. The molecular formula is C61H37NO2. The fourth-order valence-electron chi connectivity index (χ4n) is 11.3. The van der Waals surface area contributed by atoms with Crippen LogP contribution in [-0.4, -0.2) is 0 Å². The Balaban J connectivity index is 1.11. The number of hydrogen-bond acceptors (Lipinski definition) is 3. The minimum absolute atomic E-state index is 0.673. The van der Waals surface area contributed by atoms with E-state index in [9.17, 15) is 0 Å². The summed E-state index contributed by atoms with van der Waals surface area (Å²) in [4.78, 5) is 2.41. The maximum absolute atomic E-state index is 6.84. The van der Waals surface area contributed by atoms with E-state index in [1.54, 1.807) is 0 Å². The van der Waals surface area contributed by atoms with Gasteiger partial charge in [0.05, 0.1) is 16.8 Å². The van der Waals surface area contributed by atoms with Gasteiger partial charge in [0.25, 0.3) is 0 Å². The van der Waals surface area contributed by atoms with Crippen LogP contribution in [0.1, 0.15) is 22.3 Å². The van der Waals surface area contributed by atoms with E-state index in [0.717, 1.165) is 72.1 Å². The van der Waals surface area contributed by atoms with Crippen molar-refractivity contribution in [2.24, 2.45) is 0 Å². The number of rotatable bonds is 4. The molecule has 2 aliphatic carbocycles. The van der Waals surface area contributed by atoms with E-state index in [1.807, 2.05) is 6.07 Å². The highest BCUT2D eigenvalue weighted by Crippen LogP contribution is 2.63. The molecule has 1 unspecified atom stereocenters. The topological polar surface area (TPSA) is 29.5 Å². The standard InChI is InChI=1S/C61H37NO2/c1-2-17-38(18-3-1)40-19-8-13-29-55(40)62(56-30-16-26-47-45-24-9-15-32-58(45)64-60(47)56)39-33-34-53-48(35-39)42-21-5-4-20-41(42)43-22-6-11-27-51(43)61(53)52-28-12-7-23-44(52)49-36-50-46-25-10-14-31-57(46)63-59(50)37-54(49)61/h1-37H. The SMILES string of the molecule is c1ccc(-c2ccccc2N(c2ccc3c(c2)-c2ccccc2-c2ccccc2C32c3ccccc3-c3cc4c(cc32)oc2ccccc24)c2cccc3c2oc2ccccc23)cc1. The van der Waals surface area contributed by atoms with Gasteiger partial charge in [-0.05, 0) is 110 Å². The van der Waals surface area contributed by atoms with Gasteiger partial charge >= 0.3 is 0 Å². The summed E-state index contributed by atoms with van der Waals surface area (Å²) < 4.78 is 13.6. The third-order valence-electron chi connectivity index (χ3n) is 13.9. The lowest BCUT2D eigenvalue weighted by atomic mass is 9.66. The first-order valence-corrected chi connectivity index (χ1v) is 22.0.